The summed E-state index contributed by atoms with van der Waals surface area (Å²) in [6.07, 6.45) is 4.47. The van der Waals surface area contributed by atoms with Crippen molar-refractivity contribution in [3.63, 3.8) is 0 Å². The van der Waals surface area contributed by atoms with Gasteiger partial charge in [-0.3, -0.25) is 0 Å². The average molecular weight is 411 g/mol. The molecule has 2 rings (SSSR count). The molecule has 0 saturated heterocycles. The lowest BCUT2D eigenvalue weighted by molar-refractivity contribution is 0.133. The summed E-state index contributed by atoms with van der Waals surface area (Å²) in [6, 6.07) is 5.08. The van der Waals surface area contributed by atoms with Crippen LogP contribution in [0.5, 0.6) is 0 Å². The van der Waals surface area contributed by atoms with E-state index in [0.717, 1.165) is 23.7 Å². The minimum atomic E-state index is -3.44. The Hall–Kier alpha value is 0.0900. The van der Waals surface area contributed by atoms with Crippen LogP contribution in [0.15, 0.2) is 32.0 Å². The molecule has 1 aliphatic carbocycles. The largest absolute Gasteiger partial charge is 0.241 e. The number of nitrogens with one attached hydrogen (secondary N) is 1. The lowest BCUT2D eigenvalue weighted by Gasteiger charge is -2.41. The Morgan fingerprint density at radius 2 is 2.00 bits per heavy atom. The van der Waals surface area contributed by atoms with Crippen LogP contribution in [-0.2, 0) is 10.0 Å². The van der Waals surface area contributed by atoms with Crippen molar-refractivity contribution in [2.45, 2.75) is 37.5 Å². The first-order valence-electron chi connectivity index (χ1n) is 6.33. The molecule has 1 aromatic carbocycles. The van der Waals surface area contributed by atoms with Gasteiger partial charge in [0, 0.05) is 15.5 Å². The van der Waals surface area contributed by atoms with E-state index in [-0.39, 0.29) is 5.41 Å². The maximum absolute atomic E-state index is 12.3. The molecule has 0 heterocycles. The molecule has 3 nitrogen and oxygen atoms in total. The number of benzene rings is 1. The predicted octanol–water partition coefficient (Wildman–Crippen LogP) is 4.07. The van der Waals surface area contributed by atoms with Gasteiger partial charge in [0.15, 0.2) is 0 Å². The van der Waals surface area contributed by atoms with E-state index >= 15 is 0 Å². The smallest absolute Gasteiger partial charge is 0.211 e. The number of rotatable bonds is 5. The van der Waals surface area contributed by atoms with E-state index in [2.05, 4.69) is 43.5 Å². The molecule has 0 spiro atoms. The Morgan fingerprint density at radius 3 is 2.47 bits per heavy atom. The van der Waals surface area contributed by atoms with Crippen molar-refractivity contribution < 1.29 is 8.42 Å². The Balaban J connectivity index is 2.14. The van der Waals surface area contributed by atoms with Gasteiger partial charge in [-0.2, -0.15) is 0 Å². The van der Waals surface area contributed by atoms with Crippen molar-refractivity contribution in [2.24, 2.45) is 5.41 Å². The van der Waals surface area contributed by atoms with Gasteiger partial charge >= 0.3 is 0 Å². The van der Waals surface area contributed by atoms with Gasteiger partial charge in [-0.1, -0.05) is 29.3 Å². The zero-order valence-electron chi connectivity index (χ0n) is 10.7. The molecule has 19 heavy (non-hydrogen) atoms. The summed E-state index contributed by atoms with van der Waals surface area (Å²) >= 11 is 6.62. The topological polar surface area (TPSA) is 46.2 Å². The van der Waals surface area contributed by atoms with Crippen molar-refractivity contribution in [1.29, 1.82) is 0 Å². The molecule has 0 aromatic heterocycles. The predicted molar refractivity (Wildman–Crippen MR) is 83.6 cm³/mol. The summed E-state index contributed by atoms with van der Waals surface area (Å²) in [5.74, 6) is 0. The molecule has 0 radical (unpaired) electrons. The molecule has 1 aromatic rings. The van der Waals surface area contributed by atoms with E-state index in [9.17, 15) is 8.42 Å². The molecule has 1 saturated carbocycles. The molecule has 1 fully saturated rings. The first kappa shape index (κ1) is 15.5. The molecule has 0 unspecified atom stereocenters. The third kappa shape index (κ3) is 3.40. The molecular weight excluding hydrogens is 394 g/mol. The third-order valence-corrected chi connectivity index (χ3v) is 6.86. The summed E-state index contributed by atoms with van der Waals surface area (Å²) in [4.78, 5) is 0.293. The monoisotopic (exact) mass is 409 g/mol. The number of halogens is 2. The molecule has 1 N–H and O–H groups in total. The quantitative estimate of drug-likeness (QED) is 0.795. The van der Waals surface area contributed by atoms with E-state index < -0.39 is 10.0 Å². The van der Waals surface area contributed by atoms with Crippen LogP contribution in [0.1, 0.15) is 32.6 Å². The second-order valence-corrected chi connectivity index (χ2v) is 8.61. The summed E-state index contributed by atoms with van der Waals surface area (Å²) in [5.41, 5.74) is 0.176. The number of hydrogen-bond acceptors (Lipinski definition) is 2. The van der Waals surface area contributed by atoms with Crippen LogP contribution in [-0.4, -0.2) is 15.0 Å². The van der Waals surface area contributed by atoms with E-state index in [1.54, 1.807) is 18.2 Å². The fourth-order valence-corrected chi connectivity index (χ4v) is 5.25. The highest BCUT2D eigenvalue weighted by atomic mass is 79.9. The normalized spacial score (nSPS) is 18.1. The number of hydrogen-bond donors (Lipinski definition) is 1. The molecule has 1 aliphatic rings. The summed E-state index contributed by atoms with van der Waals surface area (Å²) in [5, 5.41) is 0. The Bertz CT molecular complexity index is 562. The highest BCUT2D eigenvalue weighted by Crippen LogP contribution is 2.43. The lowest BCUT2D eigenvalue weighted by Crippen LogP contribution is -2.41. The fraction of sp³-hybridized carbons (Fsp3) is 0.538. The maximum Gasteiger partial charge on any atom is 0.241 e. The van der Waals surface area contributed by atoms with Crippen molar-refractivity contribution in [3.05, 3.63) is 27.1 Å². The summed E-state index contributed by atoms with van der Waals surface area (Å²) < 4.78 is 28.8. The van der Waals surface area contributed by atoms with Crippen LogP contribution >= 0.6 is 31.9 Å². The minimum Gasteiger partial charge on any atom is -0.211 e. The van der Waals surface area contributed by atoms with Crippen LogP contribution < -0.4 is 4.72 Å². The summed E-state index contributed by atoms with van der Waals surface area (Å²) in [7, 11) is -3.44. The standard InChI is InChI=1S/C13H17Br2NO2S/c1-2-13(6-3-7-13)9-16-19(17,18)12-5-4-10(14)8-11(12)15/h4-5,8,16H,2-3,6-7,9H2,1H3. The molecule has 0 aliphatic heterocycles. The molecular formula is C13H17Br2NO2S. The zero-order chi connectivity index (χ0) is 14.1. The van der Waals surface area contributed by atoms with Crippen LogP contribution in [0.3, 0.4) is 0 Å². The van der Waals surface area contributed by atoms with Gasteiger partial charge in [0.05, 0.1) is 4.90 Å². The average Bonchev–Trinajstić information content (AvgIpc) is 2.27. The van der Waals surface area contributed by atoms with Gasteiger partial charge in [-0.15, -0.1) is 0 Å². The molecule has 106 valence electrons. The van der Waals surface area contributed by atoms with Gasteiger partial charge in [0.25, 0.3) is 0 Å². The van der Waals surface area contributed by atoms with Crippen molar-refractivity contribution in [2.75, 3.05) is 6.54 Å². The Kier molecular flexibility index (Phi) is 4.75. The molecule has 6 heteroatoms. The second kappa shape index (κ2) is 5.84. The van der Waals surface area contributed by atoms with Crippen LogP contribution in [0, 0.1) is 5.41 Å². The molecule has 0 bridgehead atoms. The highest BCUT2D eigenvalue weighted by Gasteiger charge is 2.36. The zero-order valence-corrected chi connectivity index (χ0v) is 14.7. The van der Waals surface area contributed by atoms with Gasteiger partial charge in [0.1, 0.15) is 0 Å². The van der Waals surface area contributed by atoms with Crippen molar-refractivity contribution in [1.82, 2.24) is 4.72 Å². The van der Waals surface area contributed by atoms with Gasteiger partial charge in [0.2, 0.25) is 10.0 Å². The van der Waals surface area contributed by atoms with Crippen molar-refractivity contribution in [3.8, 4) is 0 Å². The molecule has 0 atom stereocenters. The Labute approximate surface area is 131 Å². The minimum absolute atomic E-state index is 0.176. The van der Waals surface area contributed by atoms with Gasteiger partial charge < -0.3 is 0 Å². The fourth-order valence-electron chi connectivity index (χ4n) is 2.35. The Morgan fingerprint density at radius 1 is 1.32 bits per heavy atom. The van der Waals surface area contributed by atoms with Crippen molar-refractivity contribution >= 4 is 41.9 Å². The highest BCUT2D eigenvalue weighted by molar-refractivity contribution is 9.11. The van der Waals surface area contributed by atoms with Gasteiger partial charge in [-0.05, 0) is 58.8 Å². The van der Waals surface area contributed by atoms with Crippen LogP contribution in [0.25, 0.3) is 0 Å². The maximum atomic E-state index is 12.3. The summed E-state index contributed by atoms with van der Waals surface area (Å²) in [6.45, 7) is 2.66. The molecule has 0 amide bonds. The van der Waals surface area contributed by atoms with Crippen LogP contribution in [0.4, 0.5) is 0 Å². The second-order valence-electron chi connectivity index (χ2n) is 5.11. The van der Waals surface area contributed by atoms with E-state index in [1.807, 2.05) is 0 Å². The lowest BCUT2D eigenvalue weighted by atomic mass is 9.67. The third-order valence-electron chi connectivity index (χ3n) is 3.98. The first-order chi connectivity index (χ1) is 8.88. The van der Waals surface area contributed by atoms with Crippen LogP contribution in [0.2, 0.25) is 0 Å². The van der Waals surface area contributed by atoms with E-state index in [0.29, 0.717) is 15.9 Å². The first-order valence-corrected chi connectivity index (χ1v) is 9.40. The van der Waals surface area contributed by atoms with E-state index in [4.69, 9.17) is 0 Å². The van der Waals surface area contributed by atoms with E-state index in [1.165, 1.54) is 6.42 Å². The number of sulfonamides is 1. The van der Waals surface area contributed by atoms with Gasteiger partial charge in [-0.25, -0.2) is 13.1 Å². The SMILES string of the molecule is CCC1(CNS(=O)(=O)c2ccc(Br)cc2Br)CCC1.